The highest BCUT2D eigenvalue weighted by atomic mass is 19.4. The maximum absolute atomic E-state index is 12.9. The van der Waals surface area contributed by atoms with E-state index in [1.165, 1.54) is 24.4 Å². The number of amides is 2. The molecule has 0 aliphatic heterocycles. The van der Waals surface area contributed by atoms with Gasteiger partial charge in [-0.1, -0.05) is 5.92 Å². The summed E-state index contributed by atoms with van der Waals surface area (Å²) in [6.07, 6.45) is -0.317. The predicted octanol–water partition coefficient (Wildman–Crippen LogP) is 2.61. The summed E-state index contributed by atoms with van der Waals surface area (Å²) in [5.74, 6) is 4.59. The number of imidazole rings is 1. The molecule has 0 saturated heterocycles. The molecular weight excluding hydrogens is 427 g/mol. The number of carbonyl (C=O) groups excluding carboxylic acids is 2. The van der Waals surface area contributed by atoms with Gasteiger partial charge in [-0.05, 0) is 30.3 Å². The second-order valence-corrected chi connectivity index (χ2v) is 6.22. The van der Waals surface area contributed by atoms with Crippen molar-refractivity contribution in [1.29, 1.82) is 0 Å². The number of benzene rings is 1. The molecule has 0 spiro atoms. The van der Waals surface area contributed by atoms with E-state index in [4.69, 9.17) is 4.74 Å². The number of nitrogens with zero attached hydrogens (tertiary/aromatic N) is 2. The van der Waals surface area contributed by atoms with E-state index >= 15 is 0 Å². The molecular formula is C21H16F3N5O3. The maximum Gasteiger partial charge on any atom is 0.432 e. The number of rotatable bonds is 7. The van der Waals surface area contributed by atoms with Crippen LogP contribution in [0.15, 0.2) is 48.9 Å². The summed E-state index contributed by atoms with van der Waals surface area (Å²) < 4.78 is 44.1. The van der Waals surface area contributed by atoms with Crippen molar-refractivity contribution in [3.63, 3.8) is 0 Å². The molecule has 0 radical (unpaired) electrons. The first kappa shape index (κ1) is 22.4. The van der Waals surface area contributed by atoms with Crippen molar-refractivity contribution in [3.05, 3.63) is 60.2 Å². The Kier molecular flexibility index (Phi) is 7.07. The Morgan fingerprint density at radius 2 is 2.09 bits per heavy atom. The summed E-state index contributed by atoms with van der Waals surface area (Å²) >= 11 is 0. The monoisotopic (exact) mass is 443 g/mol. The summed E-state index contributed by atoms with van der Waals surface area (Å²) in [5, 5.41) is 4.99. The molecule has 0 aliphatic carbocycles. The molecule has 0 atom stereocenters. The first-order chi connectivity index (χ1) is 15.4. The Morgan fingerprint density at radius 1 is 1.25 bits per heavy atom. The number of pyridine rings is 1. The molecule has 0 fully saturated rings. The zero-order valence-corrected chi connectivity index (χ0v) is 16.4. The lowest BCUT2D eigenvalue weighted by atomic mass is 10.1. The first-order valence-electron chi connectivity index (χ1n) is 9.16. The third-order valence-corrected chi connectivity index (χ3v) is 3.95. The van der Waals surface area contributed by atoms with Gasteiger partial charge in [0.1, 0.15) is 23.9 Å². The van der Waals surface area contributed by atoms with E-state index in [0.717, 1.165) is 0 Å². The minimum absolute atomic E-state index is 0.0385. The number of halogens is 3. The molecule has 2 heterocycles. The average molecular weight is 443 g/mol. The van der Waals surface area contributed by atoms with Crippen LogP contribution in [0.4, 0.5) is 18.9 Å². The highest BCUT2D eigenvalue weighted by molar-refractivity contribution is 6.05. The van der Waals surface area contributed by atoms with Crippen molar-refractivity contribution in [2.75, 3.05) is 18.5 Å². The number of hydrogen-bond acceptors (Lipinski definition) is 5. The van der Waals surface area contributed by atoms with Gasteiger partial charge >= 0.3 is 12.1 Å². The molecule has 0 bridgehead atoms. The summed E-state index contributed by atoms with van der Waals surface area (Å²) in [6.45, 7) is 0.313. The first-order valence-corrected chi connectivity index (χ1v) is 9.16. The van der Waals surface area contributed by atoms with Crippen LogP contribution in [0.5, 0.6) is 5.75 Å². The molecule has 0 saturated carbocycles. The van der Waals surface area contributed by atoms with E-state index in [2.05, 4.69) is 37.4 Å². The quantitative estimate of drug-likeness (QED) is 0.296. The van der Waals surface area contributed by atoms with Gasteiger partial charge in [-0.25, -0.2) is 4.98 Å². The zero-order chi connectivity index (χ0) is 23.0. The van der Waals surface area contributed by atoms with Crippen LogP contribution < -0.4 is 15.4 Å². The summed E-state index contributed by atoms with van der Waals surface area (Å²) in [7, 11) is 0. The minimum atomic E-state index is -4.57. The van der Waals surface area contributed by atoms with Crippen LogP contribution in [0.3, 0.4) is 0 Å². The lowest BCUT2D eigenvalue weighted by Crippen LogP contribution is -2.19. The van der Waals surface area contributed by atoms with Crippen molar-refractivity contribution < 1.29 is 27.5 Å². The SMILES string of the molecule is O=CNCCOc1ccc(-c2ncc(C(F)(F)F)[nH]2)cc1NC(=O)C#Cc1cccnc1. The molecule has 1 aromatic carbocycles. The van der Waals surface area contributed by atoms with E-state index in [0.29, 0.717) is 18.2 Å². The molecule has 164 valence electrons. The minimum Gasteiger partial charge on any atom is -0.490 e. The maximum atomic E-state index is 12.9. The number of nitrogens with one attached hydrogen (secondary N) is 3. The van der Waals surface area contributed by atoms with Crippen LogP contribution >= 0.6 is 0 Å². The second kappa shape index (κ2) is 10.1. The largest absolute Gasteiger partial charge is 0.490 e. The van der Waals surface area contributed by atoms with Gasteiger partial charge in [0.05, 0.1) is 18.4 Å². The molecule has 8 nitrogen and oxygen atoms in total. The van der Waals surface area contributed by atoms with E-state index in [9.17, 15) is 22.8 Å². The highest BCUT2D eigenvalue weighted by Crippen LogP contribution is 2.32. The van der Waals surface area contributed by atoms with Crippen LogP contribution in [0.2, 0.25) is 0 Å². The van der Waals surface area contributed by atoms with Gasteiger partial charge in [-0.3, -0.25) is 14.6 Å². The van der Waals surface area contributed by atoms with Crippen LogP contribution in [0.1, 0.15) is 11.3 Å². The van der Waals surface area contributed by atoms with E-state index in [1.54, 1.807) is 18.3 Å². The van der Waals surface area contributed by atoms with Gasteiger partial charge in [0.2, 0.25) is 6.41 Å². The molecule has 3 aromatic rings. The van der Waals surface area contributed by atoms with Gasteiger partial charge < -0.3 is 20.4 Å². The van der Waals surface area contributed by atoms with E-state index in [1.807, 2.05) is 0 Å². The van der Waals surface area contributed by atoms with Crippen molar-refractivity contribution in [2.24, 2.45) is 0 Å². The van der Waals surface area contributed by atoms with Crippen molar-refractivity contribution in [3.8, 4) is 29.0 Å². The molecule has 32 heavy (non-hydrogen) atoms. The third kappa shape index (κ3) is 6.09. The molecule has 0 aliphatic rings. The van der Waals surface area contributed by atoms with E-state index < -0.39 is 17.8 Å². The highest BCUT2D eigenvalue weighted by Gasteiger charge is 2.33. The van der Waals surface area contributed by atoms with Gasteiger partial charge in [-0.15, -0.1) is 0 Å². The topological polar surface area (TPSA) is 109 Å². The number of hydrogen-bond donors (Lipinski definition) is 3. The van der Waals surface area contributed by atoms with Gasteiger partial charge in [0.15, 0.2) is 0 Å². The molecule has 3 rings (SSSR count). The number of H-pyrrole nitrogens is 1. The Bertz CT molecular complexity index is 1150. The molecule has 2 aromatic heterocycles. The summed E-state index contributed by atoms with van der Waals surface area (Å²) in [6, 6.07) is 7.71. The number of anilines is 1. The van der Waals surface area contributed by atoms with Crippen LogP contribution in [0, 0.1) is 11.8 Å². The second-order valence-electron chi connectivity index (χ2n) is 6.22. The van der Waals surface area contributed by atoms with Gasteiger partial charge in [0, 0.05) is 29.4 Å². The fourth-order valence-corrected chi connectivity index (χ4v) is 2.51. The third-order valence-electron chi connectivity index (χ3n) is 3.95. The van der Waals surface area contributed by atoms with Gasteiger partial charge in [-0.2, -0.15) is 13.2 Å². The lowest BCUT2D eigenvalue weighted by Gasteiger charge is -2.12. The standard InChI is InChI=1S/C21H16F3N5O3/c22-21(23,24)18-12-27-20(29-18)15-4-5-17(32-9-8-26-13-30)16(10-15)28-19(31)6-3-14-2-1-7-25-11-14/h1-2,4-5,7,10-13H,8-9H2,(H,26,30)(H,27,29)(H,28,31). The van der Waals surface area contributed by atoms with Crippen molar-refractivity contribution in [1.82, 2.24) is 20.3 Å². The Labute approximate surface area is 180 Å². The van der Waals surface area contributed by atoms with Crippen LogP contribution in [0.25, 0.3) is 11.4 Å². The smallest absolute Gasteiger partial charge is 0.432 e. The van der Waals surface area contributed by atoms with E-state index in [-0.39, 0.29) is 36.0 Å². The number of aromatic nitrogens is 3. The normalized spacial score (nSPS) is 10.6. The fourth-order valence-electron chi connectivity index (χ4n) is 2.51. The molecule has 0 unspecified atom stereocenters. The number of alkyl halides is 3. The Morgan fingerprint density at radius 3 is 2.78 bits per heavy atom. The molecule has 11 heteroatoms. The van der Waals surface area contributed by atoms with Crippen LogP contribution in [-0.2, 0) is 15.8 Å². The number of ether oxygens (including phenoxy) is 1. The summed E-state index contributed by atoms with van der Waals surface area (Å²) in [4.78, 5) is 32.5. The van der Waals surface area contributed by atoms with Crippen molar-refractivity contribution in [2.45, 2.75) is 6.18 Å². The average Bonchev–Trinajstić information content (AvgIpc) is 3.28. The lowest BCUT2D eigenvalue weighted by molar-refractivity contribution is -0.140. The number of carbonyl (C=O) groups is 2. The predicted molar refractivity (Wildman–Crippen MR) is 108 cm³/mol. The van der Waals surface area contributed by atoms with Gasteiger partial charge in [0.25, 0.3) is 0 Å². The molecule has 2 amide bonds. The fraction of sp³-hybridized carbons (Fsp3) is 0.143. The zero-order valence-electron chi connectivity index (χ0n) is 16.4. The Balaban J connectivity index is 1.85. The summed E-state index contributed by atoms with van der Waals surface area (Å²) in [5.41, 5.74) is -0.0119. The number of aromatic amines is 1. The molecule has 3 N–H and O–H groups in total. The van der Waals surface area contributed by atoms with Crippen molar-refractivity contribution >= 4 is 18.0 Å². The van der Waals surface area contributed by atoms with Crippen LogP contribution in [-0.4, -0.2) is 40.4 Å². The Hall–Kier alpha value is -4.33.